The maximum atomic E-state index is 10.8. The van der Waals surface area contributed by atoms with Crippen molar-refractivity contribution in [2.24, 2.45) is 0 Å². The number of aromatic amines is 1. The molecule has 0 saturated carbocycles. The molecule has 0 saturated heterocycles. The highest BCUT2D eigenvalue weighted by atomic mass is 31.2. The van der Waals surface area contributed by atoms with Gasteiger partial charge in [0.25, 0.3) is 0 Å². The molecule has 0 aliphatic heterocycles. The molecule has 74 valence electrons. The highest BCUT2D eigenvalue weighted by Gasteiger charge is 2.28. The smallest absolute Gasteiger partial charge is 0.354 e. The summed E-state index contributed by atoms with van der Waals surface area (Å²) in [5.41, 5.74) is 0.634. The monoisotopic (exact) mass is 206 g/mol. The van der Waals surface area contributed by atoms with Crippen molar-refractivity contribution in [2.45, 2.75) is 12.3 Å². The maximum absolute atomic E-state index is 10.8. The van der Waals surface area contributed by atoms with Gasteiger partial charge in [0.1, 0.15) is 0 Å². The van der Waals surface area contributed by atoms with Crippen LogP contribution in [0.2, 0.25) is 0 Å². The van der Waals surface area contributed by atoms with Gasteiger partial charge in [-0.15, -0.1) is 0 Å². The van der Waals surface area contributed by atoms with Crippen LogP contribution in [-0.4, -0.2) is 32.7 Å². The lowest BCUT2D eigenvalue weighted by atomic mass is 10.3. The van der Waals surface area contributed by atoms with E-state index < -0.39 is 13.4 Å². The molecule has 0 aliphatic carbocycles. The number of methoxy groups -OCH3 is 1. The summed E-state index contributed by atoms with van der Waals surface area (Å²) < 4.78 is 15.5. The first-order chi connectivity index (χ1) is 6.04. The van der Waals surface area contributed by atoms with Crippen LogP contribution in [-0.2, 0) is 15.7 Å². The number of nitrogens with zero attached hydrogens (tertiary/aromatic N) is 1. The van der Waals surface area contributed by atoms with Crippen LogP contribution in [0, 0.1) is 0 Å². The predicted molar refractivity (Wildman–Crippen MR) is 45.1 cm³/mol. The molecule has 0 bridgehead atoms. The molecular weight excluding hydrogens is 195 g/mol. The number of nitrogens with one attached hydrogen (secondary N) is 1. The zero-order valence-electron chi connectivity index (χ0n) is 7.04. The standard InChI is InChI=1S/C6H11N2O4P/c1-12-6(13(9,10)11)2-5-3-7-4-8-5/h3-4,6H,2H2,1H3,(H,7,8)(H2,9,10,11). The Morgan fingerprint density at radius 1 is 1.77 bits per heavy atom. The van der Waals surface area contributed by atoms with E-state index in [1.165, 1.54) is 19.6 Å². The van der Waals surface area contributed by atoms with Gasteiger partial charge in [0.05, 0.1) is 6.33 Å². The lowest BCUT2D eigenvalue weighted by Crippen LogP contribution is -2.14. The number of H-pyrrole nitrogens is 1. The maximum Gasteiger partial charge on any atom is 0.354 e. The molecule has 0 spiro atoms. The van der Waals surface area contributed by atoms with Crippen molar-refractivity contribution in [3.8, 4) is 0 Å². The van der Waals surface area contributed by atoms with Crippen LogP contribution in [0.3, 0.4) is 0 Å². The largest absolute Gasteiger partial charge is 0.368 e. The second-order valence-electron chi connectivity index (χ2n) is 2.56. The van der Waals surface area contributed by atoms with Crippen LogP contribution in [0.1, 0.15) is 5.69 Å². The second-order valence-corrected chi connectivity index (χ2v) is 4.31. The summed E-state index contributed by atoms with van der Waals surface area (Å²) in [4.78, 5) is 24.1. The van der Waals surface area contributed by atoms with E-state index in [0.29, 0.717) is 5.69 Å². The van der Waals surface area contributed by atoms with Crippen molar-refractivity contribution in [1.82, 2.24) is 9.97 Å². The third-order valence-electron chi connectivity index (χ3n) is 1.60. The number of imidazole rings is 1. The van der Waals surface area contributed by atoms with Gasteiger partial charge in [-0.3, -0.25) is 4.57 Å². The number of aromatic nitrogens is 2. The molecule has 1 rings (SSSR count). The van der Waals surface area contributed by atoms with E-state index in [9.17, 15) is 4.57 Å². The summed E-state index contributed by atoms with van der Waals surface area (Å²) in [6.07, 6.45) is 3.07. The number of hydrogen-bond acceptors (Lipinski definition) is 3. The molecular formula is C6H11N2O4P. The van der Waals surface area contributed by atoms with Crippen LogP contribution in [0.25, 0.3) is 0 Å². The molecule has 0 radical (unpaired) electrons. The predicted octanol–water partition coefficient (Wildman–Crippen LogP) is 0.102. The Morgan fingerprint density at radius 3 is 2.85 bits per heavy atom. The number of hydrogen-bond donors (Lipinski definition) is 3. The molecule has 13 heavy (non-hydrogen) atoms. The fourth-order valence-corrected chi connectivity index (χ4v) is 1.63. The van der Waals surface area contributed by atoms with E-state index in [-0.39, 0.29) is 6.42 Å². The summed E-state index contributed by atoms with van der Waals surface area (Å²) in [5, 5.41) is 0. The number of ether oxygens (including phenoxy) is 1. The Kier molecular flexibility index (Phi) is 3.22. The van der Waals surface area contributed by atoms with Gasteiger partial charge < -0.3 is 19.5 Å². The Balaban J connectivity index is 2.66. The minimum absolute atomic E-state index is 0.126. The molecule has 1 unspecified atom stereocenters. The molecule has 1 heterocycles. The van der Waals surface area contributed by atoms with Crippen LogP contribution >= 0.6 is 7.60 Å². The van der Waals surface area contributed by atoms with Gasteiger partial charge in [-0.25, -0.2) is 4.98 Å². The quantitative estimate of drug-likeness (QED) is 0.607. The van der Waals surface area contributed by atoms with Crippen LogP contribution in [0.15, 0.2) is 12.5 Å². The highest BCUT2D eigenvalue weighted by molar-refractivity contribution is 7.52. The van der Waals surface area contributed by atoms with E-state index in [1.54, 1.807) is 0 Å². The first-order valence-electron chi connectivity index (χ1n) is 3.59. The van der Waals surface area contributed by atoms with Crippen molar-refractivity contribution >= 4 is 7.60 Å². The topological polar surface area (TPSA) is 95.4 Å². The summed E-state index contributed by atoms with van der Waals surface area (Å²) in [7, 11) is -2.92. The minimum atomic E-state index is -4.19. The molecule has 0 fully saturated rings. The van der Waals surface area contributed by atoms with Crippen molar-refractivity contribution < 1.29 is 19.1 Å². The van der Waals surface area contributed by atoms with Crippen LogP contribution in [0.5, 0.6) is 0 Å². The molecule has 0 aromatic carbocycles. The van der Waals surface area contributed by atoms with E-state index in [1.807, 2.05) is 0 Å². The normalized spacial score (nSPS) is 14.4. The summed E-state index contributed by atoms with van der Waals surface area (Å²) in [6, 6.07) is 0. The molecule has 1 aromatic rings. The Hall–Kier alpha value is -0.680. The molecule has 0 aliphatic rings. The van der Waals surface area contributed by atoms with Gasteiger partial charge >= 0.3 is 7.60 Å². The fourth-order valence-electron chi connectivity index (χ4n) is 0.924. The van der Waals surface area contributed by atoms with Crippen LogP contribution in [0.4, 0.5) is 0 Å². The second kappa shape index (κ2) is 4.02. The van der Waals surface area contributed by atoms with Crippen molar-refractivity contribution in [3.05, 3.63) is 18.2 Å². The number of rotatable bonds is 4. The first-order valence-corrected chi connectivity index (χ1v) is 5.27. The molecule has 7 heteroatoms. The average Bonchev–Trinajstić information content (AvgIpc) is 2.49. The molecule has 6 nitrogen and oxygen atoms in total. The van der Waals surface area contributed by atoms with Crippen molar-refractivity contribution in [1.29, 1.82) is 0 Å². The molecule has 3 N–H and O–H groups in total. The van der Waals surface area contributed by atoms with Gasteiger partial charge in [-0.1, -0.05) is 0 Å². The van der Waals surface area contributed by atoms with Gasteiger partial charge in [0.2, 0.25) is 0 Å². The van der Waals surface area contributed by atoms with E-state index in [4.69, 9.17) is 9.79 Å². The molecule has 0 amide bonds. The lowest BCUT2D eigenvalue weighted by Gasteiger charge is -2.15. The van der Waals surface area contributed by atoms with E-state index >= 15 is 0 Å². The van der Waals surface area contributed by atoms with Gasteiger partial charge in [-0.2, -0.15) is 0 Å². The molecule has 1 aromatic heterocycles. The summed E-state index contributed by atoms with van der Waals surface area (Å²) in [5.74, 6) is -1.10. The Morgan fingerprint density at radius 2 is 2.46 bits per heavy atom. The van der Waals surface area contributed by atoms with E-state index in [0.717, 1.165) is 0 Å². The third-order valence-corrected chi connectivity index (χ3v) is 2.74. The Bertz CT molecular complexity index is 294. The van der Waals surface area contributed by atoms with Crippen molar-refractivity contribution in [2.75, 3.05) is 7.11 Å². The first kappa shape index (κ1) is 10.4. The summed E-state index contributed by atoms with van der Waals surface area (Å²) in [6.45, 7) is 0. The fraction of sp³-hybridized carbons (Fsp3) is 0.500. The summed E-state index contributed by atoms with van der Waals surface area (Å²) >= 11 is 0. The Labute approximate surface area is 75.1 Å². The van der Waals surface area contributed by atoms with Gasteiger partial charge in [-0.05, 0) is 0 Å². The van der Waals surface area contributed by atoms with Crippen LogP contribution < -0.4 is 0 Å². The highest BCUT2D eigenvalue weighted by Crippen LogP contribution is 2.42. The van der Waals surface area contributed by atoms with Gasteiger partial charge in [0.15, 0.2) is 5.85 Å². The third kappa shape index (κ3) is 2.93. The SMILES string of the molecule is COC(Cc1cnc[nH]1)P(=O)(O)O. The van der Waals surface area contributed by atoms with Crippen molar-refractivity contribution in [3.63, 3.8) is 0 Å². The molecule has 1 atom stereocenters. The van der Waals surface area contributed by atoms with Gasteiger partial charge in [0, 0.05) is 25.4 Å². The van der Waals surface area contributed by atoms with E-state index in [2.05, 4.69) is 14.7 Å². The average molecular weight is 206 g/mol. The lowest BCUT2D eigenvalue weighted by molar-refractivity contribution is 0.135. The minimum Gasteiger partial charge on any atom is -0.368 e. The zero-order chi connectivity index (χ0) is 9.90. The zero-order valence-corrected chi connectivity index (χ0v) is 7.94.